The Balaban J connectivity index is -0.000000150. The third-order valence-electron chi connectivity index (χ3n) is 2.49. The van der Waals surface area contributed by atoms with Gasteiger partial charge in [-0.05, 0) is 38.8 Å². The fourth-order valence-corrected chi connectivity index (χ4v) is 1.28. The Labute approximate surface area is 179 Å². The van der Waals surface area contributed by atoms with E-state index in [1.165, 1.54) is 25.7 Å². The summed E-state index contributed by atoms with van der Waals surface area (Å²) in [6.07, 6.45) is 8.41. The lowest BCUT2D eigenvalue weighted by Crippen LogP contribution is -2.00. The zero-order valence-corrected chi connectivity index (χ0v) is 19.2. The first-order chi connectivity index (χ1) is 14.1. The van der Waals surface area contributed by atoms with Gasteiger partial charge in [0.15, 0.2) is 0 Å². The second kappa shape index (κ2) is 40.9. The molecule has 0 aliphatic carbocycles. The Bertz CT molecular complexity index is 355. The van der Waals surface area contributed by atoms with E-state index in [9.17, 15) is 0 Å². The maximum absolute atomic E-state index is 8.40. The molecule has 0 bridgehead atoms. The number of para-hydroxylation sites is 1. The van der Waals surface area contributed by atoms with Crippen LogP contribution in [0.15, 0.2) is 55.6 Å². The van der Waals surface area contributed by atoms with Gasteiger partial charge in [-0.1, -0.05) is 57.0 Å². The summed E-state index contributed by atoms with van der Waals surface area (Å²) >= 11 is 0. The van der Waals surface area contributed by atoms with Crippen molar-refractivity contribution in [3.05, 3.63) is 55.6 Å². The van der Waals surface area contributed by atoms with Crippen molar-refractivity contribution in [1.82, 2.24) is 0 Å². The predicted molar refractivity (Wildman–Crippen MR) is 126 cm³/mol. The molecule has 0 atom stereocenters. The highest BCUT2D eigenvalue weighted by Crippen LogP contribution is 2.07. The molecule has 5 nitrogen and oxygen atoms in total. The highest BCUT2D eigenvalue weighted by molar-refractivity contribution is 5.20. The molecule has 29 heavy (non-hydrogen) atoms. The van der Waals surface area contributed by atoms with E-state index in [1.807, 2.05) is 44.2 Å². The maximum atomic E-state index is 8.40. The van der Waals surface area contributed by atoms with E-state index >= 15 is 0 Å². The van der Waals surface area contributed by atoms with Crippen LogP contribution in [-0.2, 0) is 4.74 Å². The zero-order chi connectivity index (χ0) is 23.0. The van der Waals surface area contributed by atoms with E-state index in [-0.39, 0.29) is 19.8 Å². The summed E-state index contributed by atoms with van der Waals surface area (Å²) in [4.78, 5) is 0. The summed E-state index contributed by atoms with van der Waals surface area (Å²) in [5.74, 6) is 0.802. The molecule has 1 aromatic carbocycles. The Morgan fingerprint density at radius 1 is 0.759 bits per heavy atom. The van der Waals surface area contributed by atoms with Crippen LogP contribution >= 0.6 is 0 Å². The molecule has 0 aliphatic heterocycles. The first-order valence-corrected chi connectivity index (χ1v) is 10.3. The second-order valence-corrected chi connectivity index (χ2v) is 5.47. The lowest BCUT2D eigenvalue weighted by atomic mass is 10.3. The molecule has 1 rings (SSSR count). The zero-order valence-electron chi connectivity index (χ0n) is 19.2. The SMILES string of the molecule is C=CC.C=CC.CCCCOCCCC.OCCO.OCCOc1ccccc1. The van der Waals surface area contributed by atoms with Gasteiger partial charge in [0.25, 0.3) is 0 Å². The van der Waals surface area contributed by atoms with Gasteiger partial charge in [0.1, 0.15) is 12.4 Å². The topological polar surface area (TPSA) is 79.2 Å². The Morgan fingerprint density at radius 3 is 1.48 bits per heavy atom. The van der Waals surface area contributed by atoms with Gasteiger partial charge in [0.05, 0.1) is 19.8 Å². The van der Waals surface area contributed by atoms with Crippen molar-refractivity contribution in [2.75, 3.05) is 39.6 Å². The summed E-state index contributed by atoms with van der Waals surface area (Å²) in [5, 5.41) is 23.7. The lowest BCUT2D eigenvalue weighted by molar-refractivity contribution is 0.128. The van der Waals surface area contributed by atoms with Crippen LogP contribution in [0.5, 0.6) is 5.75 Å². The maximum Gasteiger partial charge on any atom is 0.119 e. The molecule has 0 unspecified atom stereocenters. The molecule has 172 valence electrons. The monoisotopic (exact) mass is 414 g/mol. The smallest absolute Gasteiger partial charge is 0.119 e. The van der Waals surface area contributed by atoms with Gasteiger partial charge in [0.2, 0.25) is 0 Å². The Hall–Kier alpha value is -1.66. The third kappa shape index (κ3) is 51.9. The normalized spacial score (nSPS) is 8.24. The van der Waals surface area contributed by atoms with E-state index in [0.717, 1.165) is 19.0 Å². The van der Waals surface area contributed by atoms with Crippen LogP contribution in [0.2, 0.25) is 0 Å². The quantitative estimate of drug-likeness (QED) is 0.370. The fraction of sp³-hybridized carbons (Fsp3) is 0.583. The molecule has 0 amide bonds. The number of aliphatic hydroxyl groups excluding tert-OH is 3. The molecule has 0 spiro atoms. The average Bonchev–Trinajstić information content (AvgIpc) is 2.75. The molecule has 3 N–H and O–H groups in total. The Kier molecular flexibility index (Phi) is 49.1. The van der Waals surface area contributed by atoms with Crippen molar-refractivity contribution in [2.24, 2.45) is 0 Å². The van der Waals surface area contributed by atoms with Gasteiger partial charge >= 0.3 is 0 Å². The second-order valence-electron chi connectivity index (χ2n) is 5.47. The largest absolute Gasteiger partial charge is 0.491 e. The van der Waals surface area contributed by atoms with Crippen molar-refractivity contribution < 1.29 is 24.8 Å². The standard InChI is InChI=1S/C8H10O2.C8H18O.2C3H6.C2H6O2/c9-6-7-10-8-4-2-1-3-5-8;1-3-5-7-9-8-6-4-2;2*1-3-2;3-1-2-4/h1-5,9H,6-7H2;3-8H2,1-2H3;2*3H,1H2,2H3;3-4H,1-2H2. The number of ether oxygens (including phenoxy) is 2. The van der Waals surface area contributed by atoms with Gasteiger partial charge in [-0.3, -0.25) is 0 Å². The van der Waals surface area contributed by atoms with Gasteiger partial charge < -0.3 is 24.8 Å². The molecule has 1 aromatic rings. The number of unbranched alkanes of at least 4 members (excludes halogenated alkanes) is 2. The van der Waals surface area contributed by atoms with Crippen LogP contribution in [0.4, 0.5) is 0 Å². The summed E-state index contributed by atoms with van der Waals surface area (Å²) in [6, 6.07) is 9.43. The summed E-state index contributed by atoms with van der Waals surface area (Å²) in [6.45, 7) is 17.0. The van der Waals surface area contributed by atoms with Crippen LogP contribution in [0.25, 0.3) is 0 Å². The van der Waals surface area contributed by atoms with Crippen molar-refractivity contribution in [3.8, 4) is 5.75 Å². The molecular weight excluding hydrogens is 368 g/mol. The number of allylic oxidation sites excluding steroid dienone is 2. The number of hydrogen-bond acceptors (Lipinski definition) is 5. The van der Waals surface area contributed by atoms with Crippen molar-refractivity contribution in [3.63, 3.8) is 0 Å². The average molecular weight is 415 g/mol. The minimum absolute atomic E-state index is 0.0644. The molecule has 0 saturated heterocycles. The van der Waals surface area contributed by atoms with Crippen molar-refractivity contribution in [1.29, 1.82) is 0 Å². The van der Waals surface area contributed by atoms with Crippen LogP contribution in [-0.4, -0.2) is 55.0 Å². The lowest BCUT2D eigenvalue weighted by Gasteiger charge is -2.01. The van der Waals surface area contributed by atoms with E-state index in [1.54, 1.807) is 12.2 Å². The van der Waals surface area contributed by atoms with Gasteiger partial charge in [-0.15, -0.1) is 13.2 Å². The minimum Gasteiger partial charge on any atom is -0.491 e. The number of aliphatic hydroxyl groups is 3. The third-order valence-corrected chi connectivity index (χ3v) is 2.49. The number of benzene rings is 1. The molecule has 5 heteroatoms. The van der Waals surface area contributed by atoms with Crippen LogP contribution in [0, 0.1) is 0 Å². The van der Waals surface area contributed by atoms with Crippen LogP contribution in [0.3, 0.4) is 0 Å². The first-order valence-electron chi connectivity index (χ1n) is 10.3. The molecule has 0 radical (unpaired) electrons. The van der Waals surface area contributed by atoms with Crippen LogP contribution < -0.4 is 4.74 Å². The van der Waals surface area contributed by atoms with Gasteiger partial charge in [0, 0.05) is 13.2 Å². The van der Waals surface area contributed by atoms with E-state index < -0.39 is 0 Å². The Morgan fingerprint density at radius 2 is 1.17 bits per heavy atom. The van der Waals surface area contributed by atoms with E-state index in [2.05, 4.69) is 27.0 Å². The first kappa shape index (κ1) is 34.8. The molecule has 0 saturated carbocycles. The van der Waals surface area contributed by atoms with Crippen molar-refractivity contribution >= 4 is 0 Å². The molecular formula is C24H46O5. The highest BCUT2D eigenvalue weighted by atomic mass is 16.5. The number of hydrogen-bond donors (Lipinski definition) is 3. The predicted octanol–water partition coefficient (Wildman–Crippen LogP) is 5.02. The summed E-state index contributed by atoms with van der Waals surface area (Å²) < 4.78 is 10.4. The van der Waals surface area contributed by atoms with Gasteiger partial charge in [-0.2, -0.15) is 0 Å². The number of rotatable bonds is 10. The van der Waals surface area contributed by atoms with Crippen LogP contribution in [0.1, 0.15) is 53.4 Å². The van der Waals surface area contributed by atoms with Crippen molar-refractivity contribution in [2.45, 2.75) is 53.4 Å². The molecule has 0 heterocycles. The fourth-order valence-electron chi connectivity index (χ4n) is 1.28. The molecule has 0 aliphatic rings. The van der Waals surface area contributed by atoms with E-state index in [4.69, 9.17) is 24.8 Å². The minimum atomic E-state index is -0.125. The molecule has 0 fully saturated rings. The highest BCUT2D eigenvalue weighted by Gasteiger charge is 1.87. The van der Waals surface area contributed by atoms with Gasteiger partial charge in [-0.25, -0.2) is 0 Å². The molecule has 0 aromatic heterocycles. The van der Waals surface area contributed by atoms with E-state index in [0.29, 0.717) is 6.61 Å². The summed E-state index contributed by atoms with van der Waals surface area (Å²) in [7, 11) is 0. The summed E-state index contributed by atoms with van der Waals surface area (Å²) in [5.41, 5.74) is 0.